The van der Waals surface area contributed by atoms with Crippen LogP contribution in [0, 0.1) is 6.92 Å². The molecule has 0 heterocycles. The lowest BCUT2D eigenvalue weighted by Crippen LogP contribution is -2.09. The Morgan fingerprint density at radius 1 is 1.21 bits per heavy atom. The smallest absolute Gasteiger partial charge is 0.338 e. The molecule has 0 radical (unpaired) electrons. The van der Waals surface area contributed by atoms with E-state index in [0.717, 1.165) is 18.4 Å². The van der Waals surface area contributed by atoms with Crippen LogP contribution in [-0.4, -0.2) is 24.8 Å². The molecule has 0 amide bonds. The van der Waals surface area contributed by atoms with Crippen molar-refractivity contribution in [3.05, 3.63) is 45.9 Å². The molecule has 0 fully saturated rings. The van der Waals surface area contributed by atoms with Gasteiger partial charge >= 0.3 is 5.97 Å². The summed E-state index contributed by atoms with van der Waals surface area (Å²) in [5.74, 6) is -0.0539. The zero-order chi connectivity index (χ0) is 17.7. The van der Waals surface area contributed by atoms with Crippen LogP contribution in [0.15, 0.2) is 34.8 Å². The number of aromatic hydroxyl groups is 1. The van der Waals surface area contributed by atoms with Gasteiger partial charge in [0.2, 0.25) is 0 Å². The number of halogens is 1. The molecule has 24 heavy (non-hydrogen) atoms. The summed E-state index contributed by atoms with van der Waals surface area (Å²) in [5, 5.41) is 10.6. The number of carbonyl (C=O) groups is 1. The Bertz CT molecular complexity index is 740. The van der Waals surface area contributed by atoms with E-state index in [4.69, 9.17) is 9.47 Å². The summed E-state index contributed by atoms with van der Waals surface area (Å²) in [4.78, 5) is 12.5. The Morgan fingerprint density at radius 3 is 2.62 bits per heavy atom. The fourth-order valence-corrected chi connectivity index (χ4v) is 3.02. The van der Waals surface area contributed by atoms with Gasteiger partial charge in [-0.1, -0.05) is 41.4 Å². The van der Waals surface area contributed by atoms with Crippen molar-refractivity contribution in [1.29, 1.82) is 0 Å². The molecule has 0 aliphatic heterocycles. The van der Waals surface area contributed by atoms with Crippen LogP contribution in [0.5, 0.6) is 11.5 Å². The normalized spacial score (nSPS) is 10.5. The zero-order valence-electron chi connectivity index (χ0n) is 14.1. The van der Waals surface area contributed by atoms with Crippen LogP contribution in [0.1, 0.15) is 35.7 Å². The van der Waals surface area contributed by atoms with Crippen LogP contribution < -0.4 is 4.74 Å². The van der Waals surface area contributed by atoms with E-state index in [2.05, 4.69) is 15.9 Å². The standard InChI is InChI=1S/C19H21BrO4/c1-4-5-11-24-19(22)13-8-6-7-12(2)16(13)17-14(20)9-10-15(23-3)18(17)21/h6-10,21H,4-5,11H2,1-3H3. The Balaban J connectivity index is 2.57. The van der Waals surface area contributed by atoms with E-state index in [9.17, 15) is 9.90 Å². The first-order valence-electron chi connectivity index (χ1n) is 7.83. The number of phenols is 1. The fourth-order valence-electron chi connectivity index (χ4n) is 2.51. The number of phenolic OH excluding ortho intramolecular Hbond substituents is 1. The molecule has 0 unspecified atom stereocenters. The number of aryl methyl sites for hydroxylation is 1. The summed E-state index contributed by atoms with van der Waals surface area (Å²) >= 11 is 3.46. The largest absolute Gasteiger partial charge is 0.504 e. The lowest BCUT2D eigenvalue weighted by molar-refractivity contribution is 0.0500. The van der Waals surface area contributed by atoms with Gasteiger partial charge in [0.05, 0.1) is 19.3 Å². The second-order valence-electron chi connectivity index (χ2n) is 5.46. The van der Waals surface area contributed by atoms with Crippen LogP contribution in [0.4, 0.5) is 0 Å². The van der Waals surface area contributed by atoms with Crippen LogP contribution in [0.3, 0.4) is 0 Å². The topological polar surface area (TPSA) is 55.8 Å². The minimum atomic E-state index is -0.392. The molecule has 0 saturated carbocycles. The highest BCUT2D eigenvalue weighted by atomic mass is 79.9. The van der Waals surface area contributed by atoms with E-state index < -0.39 is 5.97 Å². The van der Waals surface area contributed by atoms with E-state index in [0.29, 0.717) is 33.5 Å². The summed E-state index contributed by atoms with van der Waals surface area (Å²) < 4.78 is 11.2. The molecule has 2 aromatic rings. The quantitative estimate of drug-likeness (QED) is 0.548. The van der Waals surface area contributed by atoms with E-state index in [1.54, 1.807) is 24.3 Å². The van der Waals surface area contributed by atoms with Crippen molar-refractivity contribution in [2.45, 2.75) is 26.7 Å². The van der Waals surface area contributed by atoms with Crippen LogP contribution in [-0.2, 0) is 4.74 Å². The molecule has 0 bridgehead atoms. The fraction of sp³-hybridized carbons (Fsp3) is 0.316. The second kappa shape index (κ2) is 8.20. The van der Waals surface area contributed by atoms with Crippen LogP contribution in [0.25, 0.3) is 11.1 Å². The molecule has 0 aliphatic carbocycles. The van der Waals surface area contributed by atoms with Crippen molar-refractivity contribution < 1.29 is 19.4 Å². The second-order valence-corrected chi connectivity index (χ2v) is 6.31. The number of methoxy groups -OCH3 is 1. The summed E-state index contributed by atoms with van der Waals surface area (Å²) in [7, 11) is 1.49. The SMILES string of the molecule is CCCCOC(=O)c1cccc(C)c1-c1c(Br)ccc(OC)c1O. The van der Waals surface area contributed by atoms with Gasteiger partial charge in [-0.3, -0.25) is 0 Å². The third-order valence-electron chi connectivity index (χ3n) is 3.78. The maximum absolute atomic E-state index is 12.5. The average molecular weight is 393 g/mol. The molecule has 0 atom stereocenters. The first-order valence-corrected chi connectivity index (χ1v) is 8.63. The minimum absolute atomic E-state index is 0.0104. The minimum Gasteiger partial charge on any atom is -0.504 e. The number of benzene rings is 2. The Kier molecular flexibility index (Phi) is 6.26. The molecule has 4 nitrogen and oxygen atoms in total. The highest BCUT2D eigenvalue weighted by Crippen LogP contribution is 2.44. The summed E-state index contributed by atoms with van der Waals surface area (Å²) in [5.41, 5.74) is 2.46. The van der Waals surface area contributed by atoms with E-state index in [1.807, 2.05) is 19.9 Å². The number of hydrogen-bond donors (Lipinski definition) is 1. The molecule has 0 spiro atoms. The van der Waals surface area contributed by atoms with Gasteiger partial charge in [-0.05, 0) is 37.1 Å². The summed E-state index contributed by atoms with van der Waals surface area (Å²) in [6.45, 7) is 4.31. The highest BCUT2D eigenvalue weighted by Gasteiger charge is 2.22. The lowest BCUT2D eigenvalue weighted by atomic mass is 9.94. The highest BCUT2D eigenvalue weighted by molar-refractivity contribution is 9.10. The summed E-state index contributed by atoms with van der Waals surface area (Å²) in [6, 6.07) is 8.86. The number of carbonyl (C=O) groups excluding carboxylic acids is 1. The molecule has 0 aliphatic rings. The Labute approximate surface area is 150 Å². The van der Waals surface area contributed by atoms with Crippen molar-refractivity contribution in [2.24, 2.45) is 0 Å². The van der Waals surface area contributed by atoms with Crippen molar-refractivity contribution in [3.63, 3.8) is 0 Å². The number of hydrogen-bond acceptors (Lipinski definition) is 4. The van der Waals surface area contributed by atoms with Gasteiger partial charge in [0.25, 0.3) is 0 Å². The van der Waals surface area contributed by atoms with Crippen molar-refractivity contribution in [2.75, 3.05) is 13.7 Å². The number of esters is 1. The number of ether oxygens (including phenoxy) is 2. The number of rotatable bonds is 6. The molecular weight excluding hydrogens is 372 g/mol. The Morgan fingerprint density at radius 2 is 1.96 bits per heavy atom. The first-order chi connectivity index (χ1) is 11.5. The molecule has 5 heteroatoms. The van der Waals surface area contributed by atoms with Crippen molar-refractivity contribution >= 4 is 21.9 Å². The molecule has 2 aromatic carbocycles. The molecule has 1 N–H and O–H groups in total. The summed E-state index contributed by atoms with van der Waals surface area (Å²) in [6.07, 6.45) is 1.77. The average Bonchev–Trinajstić information content (AvgIpc) is 2.56. The van der Waals surface area contributed by atoms with E-state index in [-0.39, 0.29) is 5.75 Å². The van der Waals surface area contributed by atoms with Gasteiger partial charge < -0.3 is 14.6 Å². The first kappa shape index (κ1) is 18.3. The molecule has 0 aromatic heterocycles. The van der Waals surface area contributed by atoms with Gasteiger partial charge in [-0.15, -0.1) is 0 Å². The Hall–Kier alpha value is -2.01. The molecular formula is C19H21BrO4. The third kappa shape index (κ3) is 3.73. The van der Waals surface area contributed by atoms with Crippen molar-refractivity contribution in [3.8, 4) is 22.6 Å². The van der Waals surface area contributed by atoms with E-state index >= 15 is 0 Å². The third-order valence-corrected chi connectivity index (χ3v) is 4.44. The van der Waals surface area contributed by atoms with Gasteiger partial charge in [-0.25, -0.2) is 4.79 Å². The van der Waals surface area contributed by atoms with Crippen LogP contribution >= 0.6 is 15.9 Å². The van der Waals surface area contributed by atoms with Crippen LogP contribution in [0.2, 0.25) is 0 Å². The maximum Gasteiger partial charge on any atom is 0.338 e. The molecule has 128 valence electrons. The number of unbranched alkanes of at least 4 members (excludes halogenated alkanes) is 1. The van der Waals surface area contributed by atoms with Crippen molar-refractivity contribution in [1.82, 2.24) is 0 Å². The van der Waals surface area contributed by atoms with Gasteiger partial charge in [-0.2, -0.15) is 0 Å². The predicted octanol–water partition coefficient (Wildman–Crippen LogP) is 5.10. The van der Waals surface area contributed by atoms with Gasteiger partial charge in [0.1, 0.15) is 0 Å². The molecule has 0 saturated heterocycles. The van der Waals surface area contributed by atoms with E-state index in [1.165, 1.54) is 7.11 Å². The lowest BCUT2D eigenvalue weighted by Gasteiger charge is -2.16. The monoisotopic (exact) mass is 392 g/mol. The molecule has 2 rings (SSSR count). The maximum atomic E-state index is 12.5. The van der Waals surface area contributed by atoms with Gasteiger partial charge in [0, 0.05) is 15.6 Å². The predicted molar refractivity (Wildman–Crippen MR) is 97.7 cm³/mol. The zero-order valence-corrected chi connectivity index (χ0v) is 15.6. The van der Waals surface area contributed by atoms with Gasteiger partial charge in [0.15, 0.2) is 11.5 Å².